The standard InChI is InChI=1S/C20H25N3/c1-3-15(4-2)19(18-10-7-12-22-18)17-9-6-13-23-20(17)16-8-5-11-21-14-16/h5,7-8,10-12,14-15,22H,3-4,6,9,13H2,1-2H3. The average molecular weight is 307 g/mol. The molecule has 0 aliphatic carbocycles. The summed E-state index contributed by atoms with van der Waals surface area (Å²) in [6.45, 7) is 5.47. The van der Waals surface area contributed by atoms with Gasteiger partial charge >= 0.3 is 0 Å². The SMILES string of the molecule is CCC(CC)C(=C1CCCN=C1c1cccnc1)c1ccc[nH]1. The summed E-state index contributed by atoms with van der Waals surface area (Å²) in [7, 11) is 0. The summed E-state index contributed by atoms with van der Waals surface area (Å²) in [6.07, 6.45) is 10.3. The number of pyridine rings is 1. The molecule has 0 fully saturated rings. The summed E-state index contributed by atoms with van der Waals surface area (Å²) in [5, 5.41) is 0. The summed E-state index contributed by atoms with van der Waals surface area (Å²) in [6, 6.07) is 8.39. The van der Waals surface area contributed by atoms with Crippen LogP contribution in [0.5, 0.6) is 0 Å². The highest BCUT2D eigenvalue weighted by atomic mass is 14.8. The number of hydrogen-bond donors (Lipinski definition) is 1. The molecule has 0 unspecified atom stereocenters. The first-order chi connectivity index (χ1) is 11.3. The van der Waals surface area contributed by atoms with E-state index in [2.05, 4.69) is 42.0 Å². The van der Waals surface area contributed by atoms with Gasteiger partial charge in [0.2, 0.25) is 0 Å². The van der Waals surface area contributed by atoms with Crippen LogP contribution in [0.1, 0.15) is 50.8 Å². The van der Waals surface area contributed by atoms with Crippen LogP contribution in [0, 0.1) is 5.92 Å². The molecule has 2 aromatic heterocycles. The minimum Gasteiger partial charge on any atom is -0.361 e. The molecule has 0 bridgehead atoms. The molecule has 0 spiro atoms. The molecule has 3 nitrogen and oxygen atoms in total. The van der Waals surface area contributed by atoms with Gasteiger partial charge in [0, 0.05) is 36.4 Å². The zero-order chi connectivity index (χ0) is 16.1. The van der Waals surface area contributed by atoms with Gasteiger partial charge in [-0.25, -0.2) is 0 Å². The van der Waals surface area contributed by atoms with Crippen molar-refractivity contribution in [2.45, 2.75) is 39.5 Å². The molecule has 23 heavy (non-hydrogen) atoms. The second-order valence-corrected chi connectivity index (χ2v) is 6.07. The van der Waals surface area contributed by atoms with Crippen molar-refractivity contribution in [3.63, 3.8) is 0 Å². The van der Waals surface area contributed by atoms with E-state index in [0.717, 1.165) is 43.5 Å². The monoisotopic (exact) mass is 307 g/mol. The summed E-state index contributed by atoms with van der Waals surface area (Å²) >= 11 is 0. The number of hydrogen-bond acceptors (Lipinski definition) is 2. The van der Waals surface area contributed by atoms with Crippen molar-refractivity contribution in [2.24, 2.45) is 10.9 Å². The molecule has 3 heteroatoms. The highest BCUT2D eigenvalue weighted by Gasteiger charge is 2.24. The average Bonchev–Trinajstić information content (AvgIpc) is 3.14. The smallest absolute Gasteiger partial charge is 0.0697 e. The van der Waals surface area contributed by atoms with Crippen LogP contribution in [-0.2, 0) is 0 Å². The third-order valence-electron chi connectivity index (χ3n) is 4.68. The molecule has 2 aromatic rings. The zero-order valence-electron chi connectivity index (χ0n) is 14.0. The van der Waals surface area contributed by atoms with E-state index in [4.69, 9.17) is 4.99 Å². The van der Waals surface area contributed by atoms with Crippen molar-refractivity contribution in [1.29, 1.82) is 0 Å². The van der Waals surface area contributed by atoms with Crippen LogP contribution >= 0.6 is 0 Å². The number of nitrogens with zero attached hydrogens (tertiary/aromatic N) is 2. The molecule has 0 saturated heterocycles. The topological polar surface area (TPSA) is 41.0 Å². The predicted molar refractivity (Wildman–Crippen MR) is 96.7 cm³/mol. The van der Waals surface area contributed by atoms with Crippen LogP contribution < -0.4 is 0 Å². The third-order valence-corrected chi connectivity index (χ3v) is 4.68. The van der Waals surface area contributed by atoms with Crippen LogP contribution in [0.15, 0.2) is 53.4 Å². The number of aliphatic imine (C=N–C) groups is 1. The number of H-pyrrole nitrogens is 1. The van der Waals surface area contributed by atoms with Crippen LogP contribution in [-0.4, -0.2) is 22.2 Å². The Kier molecular flexibility index (Phi) is 5.06. The van der Waals surface area contributed by atoms with Gasteiger partial charge in [0.25, 0.3) is 0 Å². The van der Waals surface area contributed by atoms with E-state index in [-0.39, 0.29) is 0 Å². The van der Waals surface area contributed by atoms with Crippen LogP contribution in [0.2, 0.25) is 0 Å². The van der Waals surface area contributed by atoms with Crippen molar-refractivity contribution in [1.82, 2.24) is 9.97 Å². The number of rotatable bonds is 5. The normalized spacial score (nSPS) is 17.3. The molecule has 1 N–H and O–H groups in total. The lowest BCUT2D eigenvalue weighted by molar-refractivity contribution is 0.617. The molecule has 1 aliphatic heterocycles. The highest BCUT2D eigenvalue weighted by molar-refractivity contribution is 6.16. The van der Waals surface area contributed by atoms with Crippen molar-refractivity contribution in [3.8, 4) is 0 Å². The first-order valence-corrected chi connectivity index (χ1v) is 8.67. The van der Waals surface area contributed by atoms with Gasteiger partial charge in [-0.15, -0.1) is 0 Å². The number of nitrogens with one attached hydrogen (secondary N) is 1. The third kappa shape index (κ3) is 3.29. The highest BCUT2D eigenvalue weighted by Crippen LogP contribution is 2.35. The second kappa shape index (κ2) is 7.40. The molecular formula is C20H25N3. The molecule has 0 radical (unpaired) electrons. The number of aromatic amines is 1. The van der Waals surface area contributed by atoms with Crippen molar-refractivity contribution in [2.75, 3.05) is 6.54 Å². The first kappa shape index (κ1) is 15.7. The molecule has 3 rings (SSSR count). The summed E-state index contributed by atoms with van der Waals surface area (Å²) < 4.78 is 0. The molecule has 1 aliphatic rings. The van der Waals surface area contributed by atoms with Crippen LogP contribution in [0.25, 0.3) is 5.57 Å². The van der Waals surface area contributed by atoms with Crippen LogP contribution in [0.4, 0.5) is 0 Å². The fourth-order valence-electron chi connectivity index (χ4n) is 3.51. The van der Waals surface area contributed by atoms with Gasteiger partial charge in [0.1, 0.15) is 0 Å². The van der Waals surface area contributed by atoms with Gasteiger partial charge in [-0.2, -0.15) is 0 Å². The van der Waals surface area contributed by atoms with Crippen molar-refractivity contribution >= 4 is 11.3 Å². The van der Waals surface area contributed by atoms with Crippen molar-refractivity contribution < 1.29 is 0 Å². The van der Waals surface area contributed by atoms with Gasteiger partial charge in [-0.1, -0.05) is 13.8 Å². The molecule has 0 atom stereocenters. The molecular weight excluding hydrogens is 282 g/mol. The Morgan fingerprint density at radius 1 is 1.22 bits per heavy atom. The Morgan fingerprint density at radius 2 is 2.09 bits per heavy atom. The van der Waals surface area contributed by atoms with E-state index in [9.17, 15) is 0 Å². The Bertz CT molecular complexity index is 677. The fourth-order valence-corrected chi connectivity index (χ4v) is 3.51. The minimum atomic E-state index is 0.559. The Morgan fingerprint density at radius 3 is 2.74 bits per heavy atom. The Balaban J connectivity index is 2.16. The first-order valence-electron chi connectivity index (χ1n) is 8.67. The summed E-state index contributed by atoms with van der Waals surface area (Å²) in [5.74, 6) is 0.559. The zero-order valence-corrected chi connectivity index (χ0v) is 14.0. The quantitative estimate of drug-likeness (QED) is 0.840. The maximum absolute atomic E-state index is 4.87. The fraction of sp³-hybridized carbons (Fsp3) is 0.400. The number of aromatic nitrogens is 2. The van der Waals surface area contributed by atoms with Crippen LogP contribution in [0.3, 0.4) is 0 Å². The lowest BCUT2D eigenvalue weighted by Gasteiger charge is -2.25. The van der Waals surface area contributed by atoms with Crippen molar-refractivity contribution in [3.05, 3.63) is 59.7 Å². The van der Waals surface area contributed by atoms with Gasteiger partial charge < -0.3 is 4.98 Å². The lowest BCUT2D eigenvalue weighted by atomic mass is 9.82. The van der Waals surface area contributed by atoms with E-state index in [0.29, 0.717) is 5.92 Å². The van der Waals surface area contributed by atoms with Gasteiger partial charge in [-0.05, 0) is 67.0 Å². The van der Waals surface area contributed by atoms with E-state index in [1.807, 2.05) is 24.7 Å². The molecule has 0 aromatic carbocycles. The van der Waals surface area contributed by atoms with Gasteiger partial charge in [0.05, 0.1) is 5.71 Å². The Hall–Kier alpha value is -2.16. The van der Waals surface area contributed by atoms with E-state index in [1.165, 1.54) is 16.8 Å². The van der Waals surface area contributed by atoms with Gasteiger partial charge in [0.15, 0.2) is 0 Å². The summed E-state index contributed by atoms with van der Waals surface area (Å²) in [4.78, 5) is 12.6. The lowest BCUT2D eigenvalue weighted by Crippen LogP contribution is -2.17. The van der Waals surface area contributed by atoms with E-state index >= 15 is 0 Å². The van der Waals surface area contributed by atoms with E-state index in [1.54, 1.807) is 0 Å². The molecule has 0 saturated carbocycles. The summed E-state index contributed by atoms with van der Waals surface area (Å²) in [5.41, 5.74) is 6.37. The maximum atomic E-state index is 4.87. The molecule has 0 amide bonds. The largest absolute Gasteiger partial charge is 0.361 e. The maximum Gasteiger partial charge on any atom is 0.0697 e. The van der Waals surface area contributed by atoms with E-state index < -0.39 is 0 Å². The van der Waals surface area contributed by atoms with Gasteiger partial charge in [-0.3, -0.25) is 9.98 Å². The molecule has 3 heterocycles. The predicted octanol–water partition coefficient (Wildman–Crippen LogP) is 4.88. The Labute approximate surface area is 138 Å². The molecule has 120 valence electrons. The number of allylic oxidation sites excluding steroid dienone is 2. The second-order valence-electron chi connectivity index (χ2n) is 6.07. The minimum absolute atomic E-state index is 0.559.